The molecule has 0 saturated carbocycles. The molecular weight excluding hydrogens is 404 g/mol. The molecule has 1 aliphatic heterocycles. The summed E-state index contributed by atoms with van der Waals surface area (Å²) in [6, 6.07) is 12.4. The van der Waals surface area contributed by atoms with Gasteiger partial charge in [0.25, 0.3) is 11.5 Å². The number of rotatable bonds is 3. The van der Waals surface area contributed by atoms with Gasteiger partial charge in [-0.1, -0.05) is 5.21 Å². The zero-order valence-electron chi connectivity index (χ0n) is 16.3. The number of carbonyl (C=O) groups excluding carboxylic acids is 1. The van der Waals surface area contributed by atoms with E-state index in [1.807, 2.05) is 0 Å². The largest absolute Gasteiger partial charge is 0.336 e. The molecule has 0 spiro atoms. The van der Waals surface area contributed by atoms with E-state index in [1.165, 1.54) is 27.8 Å². The summed E-state index contributed by atoms with van der Waals surface area (Å²) in [6.07, 6.45) is 0.985. The number of hydrogen-bond acceptors (Lipinski definition) is 4. The van der Waals surface area contributed by atoms with Crippen molar-refractivity contribution in [1.29, 1.82) is 0 Å². The number of fused-ring (bicyclic) bond motifs is 1. The van der Waals surface area contributed by atoms with Crippen LogP contribution in [0, 0.1) is 5.82 Å². The fourth-order valence-electron chi connectivity index (χ4n) is 3.72. The molecule has 9 heteroatoms. The Morgan fingerprint density at radius 3 is 2.68 bits per heavy atom. The molecule has 0 radical (unpaired) electrons. The quantitative estimate of drug-likeness (QED) is 0.551. The Morgan fingerprint density at radius 1 is 1.13 bits per heavy atom. The van der Waals surface area contributed by atoms with Gasteiger partial charge in [0, 0.05) is 23.0 Å². The predicted octanol–water partition coefficient (Wildman–Crippen LogP) is 3.10. The van der Waals surface area contributed by atoms with Crippen molar-refractivity contribution in [3.63, 3.8) is 0 Å². The summed E-state index contributed by atoms with van der Waals surface area (Å²) in [6.45, 7) is 0.537. The van der Waals surface area contributed by atoms with Crippen molar-refractivity contribution < 1.29 is 13.6 Å². The summed E-state index contributed by atoms with van der Waals surface area (Å²) in [5, 5.41) is 8.67. The number of amides is 1. The van der Waals surface area contributed by atoms with Crippen LogP contribution in [-0.4, -0.2) is 50.0 Å². The molecular formula is C22H17F2N5O2. The van der Waals surface area contributed by atoms with Crippen LogP contribution in [-0.2, 0) is 0 Å². The Labute approximate surface area is 174 Å². The number of nitrogens with one attached hydrogen (secondary N) is 1. The molecule has 2 aromatic heterocycles. The molecule has 3 heterocycles. The third-order valence-corrected chi connectivity index (χ3v) is 5.37. The summed E-state index contributed by atoms with van der Waals surface area (Å²) < 4.78 is 28.4. The topological polar surface area (TPSA) is 83.9 Å². The Balaban J connectivity index is 1.42. The second kappa shape index (κ2) is 7.42. The highest BCUT2D eigenvalue weighted by atomic mass is 19.1. The number of likely N-dealkylation sites (tertiary alicyclic amines) is 1. The minimum atomic E-state index is -0.966. The van der Waals surface area contributed by atoms with Crippen LogP contribution in [0.5, 0.6) is 0 Å². The summed E-state index contributed by atoms with van der Waals surface area (Å²) >= 11 is 0. The van der Waals surface area contributed by atoms with Crippen molar-refractivity contribution in [2.45, 2.75) is 12.6 Å². The molecule has 1 fully saturated rings. The van der Waals surface area contributed by atoms with Gasteiger partial charge >= 0.3 is 0 Å². The van der Waals surface area contributed by atoms with E-state index < -0.39 is 12.0 Å². The number of hydrogen-bond donors (Lipinski definition) is 1. The lowest BCUT2D eigenvalue weighted by Gasteiger charge is -2.15. The van der Waals surface area contributed by atoms with Gasteiger partial charge in [0.05, 0.1) is 24.0 Å². The van der Waals surface area contributed by atoms with Gasteiger partial charge in [-0.2, -0.15) is 0 Å². The zero-order valence-corrected chi connectivity index (χ0v) is 16.3. The van der Waals surface area contributed by atoms with Gasteiger partial charge < -0.3 is 9.88 Å². The normalized spacial score (nSPS) is 16.2. The Kier molecular flexibility index (Phi) is 4.58. The van der Waals surface area contributed by atoms with E-state index in [-0.39, 0.29) is 23.6 Å². The van der Waals surface area contributed by atoms with Crippen molar-refractivity contribution in [2.75, 3.05) is 13.1 Å². The van der Waals surface area contributed by atoms with E-state index in [2.05, 4.69) is 15.3 Å². The molecule has 31 heavy (non-hydrogen) atoms. The average Bonchev–Trinajstić information content (AvgIpc) is 3.43. The van der Waals surface area contributed by atoms with Gasteiger partial charge in [0.15, 0.2) is 0 Å². The monoisotopic (exact) mass is 421 g/mol. The number of nitrogens with zero attached hydrogens (tertiary/aromatic N) is 4. The molecule has 4 aromatic rings. The van der Waals surface area contributed by atoms with Gasteiger partial charge in [0.2, 0.25) is 0 Å². The highest BCUT2D eigenvalue weighted by molar-refractivity contribution is 5.94. The Bertz CT molecular complexity index is 1350. The number of aromatic amines is 1. The van der Waals surface area contributed by atoms with Gasteiger partial charge in [-0.15, -0.1) is 5.10 Å². The number of pyridine rings is 1. The highest BCUT2D eigenvalue weighted by Crippen LogP contribution is 2.21. The third kappa shape index (κ3) is 3.58. The fourth-order valence-corrected chi connectivity index (χ4v) is 3.72. The smallest absolute Gasteiger partial charge is 0.258 e. The molecule has 1 atom stereocenters. The first-order valence-corrected chi connectivity index (χ1v) is 9.77. The summed E-state index contributed by atoms with van der Waals surface area (Å²) in [4.78, 5) is 29.1. The van der Waals surface area contributed by atoms with Crippen molar-refractivity contribution in [2.24, 2.45) is 0 Å². The molecule has 2 aromatic carbocycles. The first kappa shape index (κ1) is 19.1. The lowest BCUT2D eigenvalue weighted by Crippen LogP contribution is -2.28. The SMILES string of the molecule is O=C(c1ccc(-n2cc(-c3cc4cc(F)ccc4[nH]c3=O)nn2)cc1)N1CC[C@H](F)C1. The first-order valence-electron chi connectivity index (χ1n) is 9.77. The molecule has 1 aliphatic rings. The third-order valence-electron chi connectivity index (χ3n) is 5.37. The number of halogens is 2. The standard InChI is InChI=1S/C22H17F2N5O2/c23-15-3-6-19-14(9-15)10-18(21(30)25-19)20-12-29(27-26-20)17-4-1-13(2-5-17)22(31)28-8-7-16(24)11-28/h1-6,9-10,12,16H,7-8,11H2,(H,25,30)/t16-/m0/s1. The van der Waals surface area contributed by atoms with Crippen LogP contribution in [0.3, 0.4) is 0 Å². The van der Waals surface area contributed by atoms with Crippen LogP contribution >= 0.6 is 0 Å². The van der Waals surface area contributed by atoms with Crippen molar-refractivity contribution >= 4 is 16.8 Å². The Morgan fingerprint density at radius 2 is 1.94 bits per heavy atom. The first-order chi connectivity index (χ1) is 15.0. The van der Waals surface area contributed by atoms with Crippen LogP contribution in [0.15, 0.2) is 59.5 Å². The van der Waals surface area contributed by atoms with E-state index >= 15 is 0 Å². The minimum absolute atomic E-state index is 0.122. The lowest BCUT2D eigenvalue weighted by atomic mass is 10.1. The lowest BCUT2D eigenvalue weighted by molar-refractivity contribution is 0.0783. The van der Waals surface area contributed by atoms with Gasteiger partial charge in [0.1, 0.15) is 17.7 Å². The molecule has 0 unspecified atom stereocenters. The predicted molar refractivity (Wildman–Crippen MR) is 110 cm³/mol. The van der Waals surface area contributed by atoms with Crippen LogP contribution in [0.2, 0.25) is 0 Å². The maximum Gasteiger partial charge on any atom is 0.258 e. The van der Waals surface area contributed by atoms with Gasteiger partial charge in [-0.3, -0.25) is 9.59 Å². The van der Waals surface area contributed by atoms with Crippen molar-refractivity contribution in [3.8, 4) is 16.9 Å². The zero-order chi connectivity index (χ0) is 21.5. The van der Waals surface area contributed by atoms with E-state index in [1.54, 1.807) is 36.5 Å². The molecule has 1 saturated heterocycles. The van der Waals surface area contributed by atoms with E-state index in [0.29, 0.717) is 40.8 Å². The second-order valence-electron chi connectivity index (χ2n) is 7.48. The number of aromatic nitrogens is 4. The minimum Gasteiger partial charge on any atom is -0.336 e. The summed E-state index contributed by atoms with van der Waals surface area (Å²) in [5.74, 6) is -0.610. The van der Waals surface area contributed by atoms with E-state index in [0.717, 1.165) is 0 Å². The second-order valence-corrected chi connectivity index (χ2v) is 7.48. The van der Waals surface area contributed by atoms with E-state index in [4.69, 9.17) is 0 Å². The van der Waals surface area contributed by atoms with Gasteiger partial charge in [-0.05, 0) is 55.0 Å². The number of carbonyl (C=O) groups is 1. The van der Waals surface area contributed by atoms with Crippen LogP contribution in [0.4, 0.5) is 8.78 Å². The molecule has 0 aliphatic carbocycles. The molecule has 1 amide bonds. The van der Waals surface area contributed by atoms with E-state index in [9.17, 15) is 18.4 Å². The summed E-state index contributed by atoms with van der Waals surface area (Å²) in [7, 11) is 0. The van der Waals surface area contributed by atoms with Crippen LogP contribution in [0.1, 0.15) is 16.8 Å². The average molecular weight is 421 g/mol. The highest BCUT2D eigenvalue weighted by Gasteiger charge is 2.26. The molecule has 1 N–H and O–H groups in total. The molecule has 0 bridgehead atoms. The molecule has 156 valence electrons. The maximum absolute atomic E-state index is 13.5. The summed E-state index contributed by atoms with van der Waals surface area (Å²) in [5.41, 5.74) is 1.88. The molecule has 5 rings (SSSR count). The fraction of sp³-hybridized carbons (Fsp3) is 0.182. The van der Waals surface area contributed by atoms with Gasteiger partial charge in [-0.25, -0.2) is 13.5 Å². The number of alkyl halides is 1. The Hall–Kier alpha value is -3.88. The molecule has 7 nitrogen and oxygen atoms in total. The van der Waals surface area contributed by atoms with Crippen molar-refractivity contribution in [1.82, 2.24) is 24.9 Å². The number of benzene rings is 2. The number of H-pyrrole nitrogens is 1. The van der Waals surface area contributed by atoms with Crippen LogP contribution in [0.25, 0.3) is 27.8 Å². The maximum atomic E-state index is 13.5. The van der Waals surface area contributed by atoms with Crippen molar-refractivity contribution in [3.05, 3.63) is 76.5 Å². The van der Waals surface area contributed by atoms with Crippen LogP contribution < -0.4 is 5.56 Å².